The van der Waals surface area contributed by atoms with E-state index in [1.165, 1.54) is 6.42 Å². The van der Waals surface area contributed by atoms with Gasteiger partial charge in [-0.3, -0.25) is 0 Å². The lowest BCUT2D eigenvalue weighted by Crippen LogP contribution is -2.38. The minimum absolute atomic E-state index is 0.0207. The molecule has 1 aromatic rings. The average molecular weight is 247 g/mol. The first-order chi connectivity index (χ1) is 8.66. The molecule has 1 saturated heterocycles. The van der Waals surface area contributed by atoms with Gasteiger partial charge >= 0.3 is 6.03 Å². The molecule has 1 aliphatic rings. The second-order valence-corrected chi connectivity index (χ2v) is 4.92. The third-order valence-corrected chi connectivity index (χ3v) is 3.28. The number of likely N-dealkylation sites (tertiary alicyclic amines) is 1. The van der Waals surface area contributed by atoms with E-state index in [0.717, 1.165) is 37.3 Å². The van der Waals surface area contributed by atoms with E-state index in [9.17, 15) is 4.79 Å². The summed E-state index contributed by atoms with van der Waals surface area (Å²) in [7, 11) is 4.00. The number of carbonyl (C=O) groups is 1. The molecule has 4 heteroatoms. The molecule has 98 valence electrons. The fraction of sp³-hybridized carbons (Fsp3) is 0.500. The molecule has 0 saturated carbocycles. The maximum atomic E-state index is 12.0. The summed E-state index contributed by atoms with van der Waals surface area (Å²) < 4.78 is 0. The van der Waals surface area contributed by atoms with Gasteiger partial charge in [0.2, 0.25) is 0 Å². The van der Waals surface area contributed by atoms with Crippen molar-refractivity contribution in [2.45, 2.75) is 19.3 Å². The van der Waals surface area contributed by atoms with Gasteiger partial charge in [0.1, 0.15) is 0 Å². The summed E-state index contributed by atoms with van der Waals surface area (Å²) in [6.45, 7) is 1.75. The SMILES string of the molecule is CN(C)c1ccc(NC(=O)N2CCCCC2)cc1. The quantitative estimate of drug-likeness (QED) is 0.872. The molecule has 0 unspecified atom stereocenters. The van der Waals surface area contributed by atoms with Crippen molar-refractivity contribution in [3.05, 3.63) is 24.3 Å². The Labute approximate surface area is 109 Å². The fourth-order valence-electron chi connectivity index (χ4n) is 2.14. The first-order valence-corrected chi connectivity index (χ1v) is 6.50. The number of carbonyl (C=O) groups excluding carboxylic acids is 1. The van der Waals surface area contributed by atoms with E-state index >= 15 is 0 Å². The van der Waals surface area contributed by atoms with Crippen molar-refractivity contribution in [2.75, 3.05) is 37.4 Å². The van der Waals surface area contributed by atoms with Crippen LogP contribution in [0.5, 0.6) is 0 Å². The van der Waals surface area contributed by atoms with Crippen molar-refractivity contribution in [1.82, 2.24) is 4.90 Å². The van der Waals surface area contributed by atoms with Crippen LogP contribution in [0.2, 0.25) is 0 Å². The number of hydrogen-bond acceptors (Lipinski definition) is 2. The molecule has 0 atom stereocenters. The lowest BCUT2D eigenvalue weighted by molar-refractivity contribution is 0.200. The molecule has 0 spiro atoms. The average Bonchev–Trinajstić information content (AvgIpc) is 2.40. The molecule has 1 aromatic carbocycles. The number of nitrogens with one attached hydrogen (secondary N) is 1. The Morgan fingerprint density at radius 3 is 2.28 bits per heavy atom. The van der Waals surface area contributed by atoms with E-state index in [4.69, 9.17) is 0 Å². The molecule has 1 aliphatic heterocycles. The zero-order valence-electron chi connectivity index (χ0n) is 11.1. The number of piperidine rings is 1. The minimum atomic E-state index is 0.0207. The van der Waals surface area contributed by atoms with Crippen molar-refractivity contribution < 1.29 is 4.79 Å². The van der Waals surface area contributed by atoms with Crippen LogP contribution in [0.25, 0.3) is 0 Å². The first-order valence-electron chi connectivity index (χ1n) is 6.50. The molecule has 2 rings (SSSR count). The van der Waals surface area contributed by atoms with Crippen molar-refractivity contribution in [1.29, 1.82) is 0 Å². The highest BCUT2D eigenvalue weighted by atomic mass is 16.2. The number of nitrogens with zero attached hydrogens (tertiary/aromatic N) is 2. The van der Waals surface area contributed by atoms with Crippen LogP contribution in [-0.2, 0) is 0 Å². The summed E-state index contributed by atoms with van der Waals surface area (Å²) in [5, 5.41) is 2.95. The lowest BCUT2D eigenvalue weighted by atomic mass is 10.1. The summed E-state index contributed by atoms with van der Waals surface area (Å²) in [4.78, 5) is 15.9. The maximum Gasteiger partial charge on any atom is 0.321 e. The second-order valence-electron chi connectivity index (χ2n) is 4.92. The smallest absolute Gasteiger partial charge is 0.321 e. The minimum Gasteiger partial charge on any atom is -0.378 e. The van der Waals surface area contributed by atoms with Gasteiger partial charge in [0.25, 0.3) is 0 Å². The summed E-state index contributed by atoms with van der Waals surface area (Å²) >= 11 is 0. The number of hydrogen-bond donors (Lipinski definition) is 1. The number of amides is 2. The van der Waals surface area contributed by atoms with E-state index in [2.05, 4.69) is 5.32 Å². The first kappa shape index (κ1) is 12.7. The highest BCUT2D eigenvalue weighted by Gasteiger charge is 2.16. The normalized spacial score (nSPS) is 15.3. The topological polar surface area (TPSA) is 35.6 Å². The van der Waals surface area contributed by atoms with Crippen LogP contribution < -0.4 is 10.2 Å². The van der Waals surface area contributed by atoms with Gasteiger partial charge in [-0.25, -0.2) is 4.79 Å². The van der Waals surface area contributed by atoms with Gasteiger partial charge in [0, 0.05) is 38.6 Å². The molecule has 2 amide bonds. The molecule has 1 fully saturated rings. The Balaban J connectivity index is 1.94. The molecule has 0 aliphatic carbocycles. The molecular formula is C14H21N3O. The predicted molar refractivity (Wildman–Crippen MR) is 75.2 cm³/mol. The molecule has 0 aromatic heterocycles. The van der Waals surface area contributed by atoms with Crippen LogP contribution in [0.4, 0.5) is 16.2 Å². The van der Waals surface area contributed by atoms with Gasteiger partial charge < -0.3 is 15.1 Å². The van der Waals surface area contributed by atoms with Crippen LogP contribution in [-0.4, -0.2) is 38.1 Å². The molecular weight excluding hydrogens is 226 g/mol. The van der Waals surface area contributed by atoms with E-state index in [-0.39, 0.29) is 6.03 Å². The Bertz CT molecular complexity index is 394. The number of rotatable bonds is 2. The summed E-state index contributed by atoms with van der Waals surface area (Å²) in [6, 6.07) is 7.92. The van der Waals surface area contributed by atoms with E-state index < -0.39 is 0 Å². The third-order valence-electron chi connectivity index (χ3n) is 3.28. The van der Waals surface area contributed by atoms with Crippen LogP contribution in [0.15, 0.2) is 24.3 Å². The number of anilines is 2. The number of urea groups is 1. The summed E-state index contributed by atoms with van der Waals surface area (Å²) in [5.74, 6) is 0. The molecule has 1 heterocycles. The number of benzene rings is 1. The molecule has 0 bridgehead atoms. The van der Waals surface area contributed by atoms with E-state index in [1.807, 2.05) is 48.2 Å². The van der Waals surface area contributed by atoms with Crippen LogP contribution in [0, 0.1) is 0 Å². The van der Waals surface area contributed by atoms with Gasteiger partial charge in [0.05, 0.1) is 0 Å². The van der Waals surface area contributed by atoms with Crippen molar-refractivity contribution in [2.24, 2.45) is 0 Å². The van der Waals surface area contributed by atoms with Crippen molar-refractivity contribution in [3.8, 4) is 0 Å². The molecule has 0 radical (unpaired) electrons. The van der Waals surface area contributed by atoms with E-state index in [0.29, 0.717) is 0 Å². The predicted octanol–water partition coefficient (Wildman–Crippen LogP) is 2.77. The van der Waals surface area contributed by atoms with Crippen LogP contribution in [0.1, 0.15) is 19.3 Å². The zero-order valence-corrected chi connectivity index (χ0v) is 11.1. The van der Waals surface area contributed by atoms with Gasteiger partial charge in [0.15, 0.2) is 0 Å². The Morgan fingerprint density at radius 1 is 1.11 bits per heavy atom. The molecule has 1 N–H and O–H groups in total. The molecule has 4 nitrogen and oxygen atoms in total. The monoisotopic (exact) mass is 247 g/mol. The summed E-state index contributed by atoms with van der Waals surface area (Å²) in [6.07, 6.45) is 3.47. The van der Waals surface area contributed by atoms with Crippen molar-refractivity contribution in [3.63, 3.8) is 0 Å². The van der Waals surface area contributed by atoms with Crippen LogP contribution >= 0.6 is 0 Å². The molecule has 18 heavy (non-hydrogen) atoms. The largest absolute Gasteiger partial charge is 0.378 e. The van der Waals surface area contributed by atoms with Gasteiger partial charge in [-0.15, -0.1) is 0 Å². The second kappa shape index (κ2) is 5.76. The third kappa shape index (κ3) is 3.15. The van der Waals surface area contributed by atoms with Gasteiger partial charge in [-0.2, -0.15) is 0 Å². The fourth-order valence-corrected chi connectivity index (χ4v) is 2.14. The highest BCUT2D eigenvalue weighted by molar-refractivity contribution is 5.89. The lowest BCUT2D eigenvalue weighted by Gasteiger charge is -2.26. The van der Waals surface area contributed by atoms with Gasteiger partial charge in [-0.1, -0.05) is 0 Å². The van der Waals surface area contributed by atoms with Gasteiger partial charge in [-0.05, 0) is 43.5 Å². The van der Waals surface area contributed by atoms with Crippen LogP contribution in [0.3, 0.4) is 0 Å². The standard InChI is InChI=1S/C14H21N3O/c1-16(2)13-8-6-12(7-9-13)15-14(18)17-10-4-3-5-11-17/h6-9H,3-5,10-11H2,1-2H3,(H,15,18). The maximum absolute atomic E-state index is 12.0. The Kier molecular flexibility index (Phi) is 4.07. The Morgan fingerprint density at radius 2 is 1.72 bits per heavy atom. The Hall–Kier alpha value is -1.71. The van der Waals surface area contributed by atoms with Crippen molar-refractivity contribution >= 4 is 17.4 Å². The zero-order chi connectivity index (χ0) is 13.0. The highest BCUT2D eigenvalue weighted by Crippen LogP contribution is 2.17. The van der Waals surface area contributed by atoms with E-state index in [1.54, 1.807) is 0 Å². The summed E-state index contributed by atoms with van der Waals surface area (Å²) in [5.41, 5.74) is 1.99.